The van der Waals surface area contributed by atoms with E-state index in [0.29, 0.717) is 6.42 Å². The van der Waals surface area contributed by atoms with Gasteiger partial charge in [0.05, 0.1) is 5.92 Å². The van der Waals surface area contributed by atoms with E-state index in [1.807, 2.05) is 6.92 Å². The van der Waals surface area contributed by atoms with Crippen molar-refractivity contribution in [1.29, 1.82) is 0 Å². The van der Waals surface area contributed by atoms with Gasteiger partial charge in [0.1, 0.15) is 5.78 Å². The summed E-state index contributed by atoms with van der Waals surface area (Å²) in [4.78, 5) is 34.1. The first kappa shape index (κ1) is 16.4. The van der Waals surface area contributed by atoms with Gasteiger partial charge in [-0.15, -0.1) is 0 Å². The second-order valence-electron chi connectivity index (χ2n) is 4.10. The molecular weight excluding hydrogens is 234 g/mol. The van der Waals surface area contributed by atoms with Crippen LogP contribution in [0.1, 0.15) is 40.0 Å². The van der Waals surface area contributed by atoms with Crippen LogP contribution in [-0.2, 0) is 19.1 Å². The van der Waals surface area contributed by atoms with Gasteiger partial charge in [0.25, 0.3) is 0 Å². The van der Waals surface area contributed by atoms with Gasteiger partial charge in [-0.25, -0.2) is 4.79 Å². The Balaban J connectivity index is 4.36. The molecule has 0 aromatic carbocycles. The maximum absolute atomic E-state index is 11.8. The quantitative estimate of drug-likeness (QED) is 0.309. The second-order valence-corrected chi connectivity index (χ2v) is 4.10. The average Bonchev–Trinajstić information content (AvgIpc) is 2.28. The maximum Gasteiger partial charge on any atom is 0.332 e. The molecule has 0 saturated carbocycles. The van der Waals surface area contributed by atoms with Crippen molar-refractivity contribution in [3.63, 3.8) is 0 Å². The molecule has 0 fully saturated rings. The van der Waals surface area contributed by atoms with Crippen LogP contribution in [0, 0.1) is 5.92 Å². The minimum absolute atomic E-state index is 0.178. The summed E-state index contributed by atoms with van der Waals surface area (Å²) < 4.78 is 4.80. The molecule has 0 aromatic rings. The van der Waals surface area contributed by atoms with Crippen LogP contribution in [0.3, 0.4) is 0 Å². The number of ketones is 1. The number of unbranched alkanes of at least 4 members (excludes halogenated alkanes) is 1. The monoisotopic (exact) mass is 255 g/mol. The Hall–Kier alpha value is -1.65. The van der Waals surface area contributed by atoms with E-state index in [1.165, 1.54) is 13.8 Å². The molecule has 2 atom stereocenters. The van der Waals surface area contributed by atoms with Crippen molar-refractivity contribution >= 4 is 17.7 Å². The lowest BCUT2D eigenvalue weighted by Crippen LogP contribution is -2.41. The molecule has 0 aliphatic heterocycles. The molecule has 0 saturated heterocycles. The Bertz CT molecular complexity index is 325. The minimum atomic E-state index is -0.772. The fourth-order valence-electron chi connectivity index (χ4n) is 1.48. The molecule has 18 heavy (non-hydrogen) atoms. The molecular formula is C13H21NO4. The molecule has 0 spiro atoms. The highest BCUT2D eigenvalue weighted by Crippen LogP contribution is 2.10. The van der Waals surface area contributed by atoms with Gasteiger partial charge in [-0.05, 0) is 20.3 Å². The highest BCUT2D eigenvalue weighted by atomic mass is 16.6. The van der Waals surface area contributed by atoms with E-state index in [1.54, 1.807) is 0 Å². The fraction of sp³-hybridized carbons (Fsp3) is 0.615. The van der Waals surface area contributed by atoms with E-state index in [4.69, 9.17) is 4.74 Å². The fourth-order valence-corrected chi connectivity index (χ4v) is 1.48. The third-order valence-electron chi connectivity index (χ3n) is 2.46. The van der Waals surface area contributed by atoms with E-state index in [0.717, 1.165) is 18.9 Å². The summed E-state index contributed by atoms with van der Waals surface area (Å²) in [5.41, 5.74) is 0. The van der Waals surface area contributed by atoms with Crippen molar-refractivity contribution in [3.05, 3.63) is 12.7 Å². The topological polar surface area (TPSA) is 72.5 Å². The molecule has 0 aromatic heterocycles. The van der Waals surface area contributed by atoms with E-state index in [9.17, 15) is 14.4 Å². The molecule has 0 aliphatic carbocycles. The second kappa shape index (κ2) is 8.44. The standard InChI is InChI=1S/C13H21NO4/c1-5-7-8-11(9(3)15)13(17)14-10(4)18-12(16)6-2/h6,10-11H,2,5,7-8H2,1,3-4H3,(H,14,17). The van der Waals surface area contributed by atoms with Gasteiger partial charge in [-0.2, -0.15) is 0 Å². The lowest BCUT2D eigenvalue weighted by Gasteiger charge is -2.18. The summed E-state index contributed by atoms with van der Waals surface area (Å²) >= 11 is 0. The van der Waals surface area contributed by atoms with Gasteiger partial charge in [-0.3, -0.25) is 9.59 Å². The van der Waals surface area contributed by atoms with Crippen LogP contribution in [0.5, 0.6) is 0 Å². The minimum Gasteiger partial charge on any atom is -0.439 e. The Labute approximate surface area is 108 Å². The van der Waals surface area contributed by atoms with Crippen LogP contribution in [0.25, 0.3) is 0 Å². The molecule has 0 rings (SSSR count). The van der Waals surface area contributed by atoms with Crippen molar-refractivity contribution in [2.75, 3.05) is 0 Å². The zero-order valence-electron chi connectivity index (χ0n) is 11.2. The molecule has 102 valence electrons. The molecule has 1 amide bonds. The largest absolute Gasteiger partial charge is 0.439 e. The first-order chi connectivity index (χ1) is 8.42. The normalized spacial score (nSPS) is 13.3. The summed E-state index contributed by atoms with van der Waals surface area (Å²) in [7, 11) is 0. The smallest absolute Gasteiger partial charge is 0.332 e. The van der Waals surface area contributed by atoms with E-state index in [2.05, 4.69) is 11.9 Å². The van der Waals surface area contributed by atoms with Crippen molar-refractivity contribution < 1.29 is 19.1 Å². The van der Waals surface area contributed by atoms with Gasteiger partial charge in [-0.1, -0.05) is 26.3 Å². The van der Waals surface area contributed by atoms with Crippen molar-refractivity contribution in [3.8, 4) is 0 Å². The van der Waals surface area contributed by atoms with Gasteiger partial charge >= 0.3 is 5.97 Å². The molecule has 5 nitrogen and oxygen atoms in total. The predicted octanol–water partition coefficient (Wildman–Crippen LogP) is 1.57. The first-order valence-electron chi connectivity index (χ1n) is 6.06. The van der Waals surface area contributed by atoms with Gasteiger partial charge in [0.15, 0.2) is 6.23 Å². The molecule has 0 radical (unpaired) electrons. The number of ether oxygens (including phenoxy) is 1. The number of hydrogen-bond acceptors (Lipinski definition) is 4. The Morgan fingerprint density at radius 3 is 2.44 bits per heavy atom. The zero-order valence-corrected chi connectivity index (χ0v) is 11.2. The van der Waals surface area contributed by atoms with E-state index >= 15 is 0 Å². The van der Waals surface area contributed by atoms with Crippen LogP contribution in [0.2, 0.25) is 0 Å². The van der Waals surface area contributed by atoms with Crippen LogP contribution in [0.4, 0.5) is 0 Å². The Kier molecular flexibility index (Phi) is 7.67. The van der Waals surface area contributed by atoms with Crippen molar-refractivity contribution in [2.45, 2.75) is 46.3 Å². The number of Topliss-reactive ketones (excluding diaryl/α,β-unsaturated/α-hetero) is 1. The summed E-state index contributed by atoms with van der Waals surface area (Å²) in [6.07, 6.45) is 2.48. The number of rotatable bonds is 8. The summed E-state index contributed by atoms with van der Waals surface area (Å²) in [5, 5.41) is 2.48. The van der Waals surface area contributed by atoms with Crippen LogP contribution < -0.4 is 5.32 Å². The van der Waals surface area contributed by atoms with Crippen LogP contribution in [-0.4, -0.2) is 23.9 Å². The highest BCUT2D eigenvalue weighted by Gasteiger charge is 2.24. The molecule has 2 unspecified atom stereocenters. The maximum atomic E-state index is 11.8. The molecule has 0 heterocycles. The van der Waals surface area contributed by atoms with Crippen molar-refractivity contribution in [2.24, 2.45) is 5.92 Å². The summed E-state index contributed by atoms with van der Waals surface area (Å²) in [5.74, 6) is -1.87. The third kappa shape index (κ3) is 6.18. The first-order valence-corrected chi connectivity index (χ1v) is 6.06. The Morgan fingerprint density at radius 1 is 1.39 bits per heavy atom. The van der Waals surface area contributed by atoms with Gasteiger partial charge in [0.2, 0.25) is 5.91 Å². The van der Waals surface area contributed by atoms with Crippen LogP contribution >= 0.6 is 0 Å². The number of esters is 1. The Morgan fingerprint density at radius 2 is 2.00 bits per heavy atom. The molecule has 1 N–H and O–H groups in total. The van der Waals surface area contributed by atoms with E-state index < -0.39 is 24.0 Å². The molecule has 0 bridgehead atoms. The summed E-state index contributed by atoms with van der Waals surface area (Å²) in [6.45, 7) is 8.16. The molecule has 0 aliphatic rings. The lowest BCUT2D eigenvalue weighted by molar-refractivity contribution is -0.146. The van der Waals surface area contributed by atoms with Crippen molar-refractivity contribution in [1.82, 2.24) is 5.32 Å². The highest BCUT2D eigenvalue weighted by molar-refractivity contribution is 6.00. The predicted molar refractivity (Wildman–Crippen MR) is 67.6 cm³/mol. The van der Waals surface area contributed by atoms with Gasteiger partial charge in [0, 0.05) is 6.08 Å². The number of nitrogens with one attached hydrogen (secondary N) is 1. The number of amides is 1. The number of hydrogen-bond donors (Lipinski definition) is 1. The zero-order chi connectivity index (χ0) is 14.1. The molecule has 5 heteroatoms. The number of carbonyl (C=O) groups is 3. The third-order valence-corrected chi connectivity index (χ3v) is 2.46. The lowest BCUT2D eigenvalue weighted by atomic mass is 9.97. The van der Waals surface area contributed by atoms with Gasteiger partial charge < -0.3 is 10.1 Å². The number of carbonyl (C=O) groups excluding carboxylic acids is 3. The SMILES string of the molecule is C=CC(=O)OC(C)NC(=O)C(CCCC)C(C)=O. The van der Waals surface area contributed by atoms with E-state index in [-0.39, 0.29) is 5.78 Å². The average molecular weight is 255 g/mol. The summed E-state index contributed by atoms with van der Waals surface area (Å²) in [6, 6.07) is 0. The van der Waals surface area contributed by atoms with Crippen LogP contribution in [0.15, 0.2) is 12.7 Å².